The molecule has 1 saturated carbocycles. The minimum absolute atomic E-state index is 0.0301. The summed E-state index contributed by atoms with van der Waals surface area (Å²) >= 11 is 0. The molecule has 0 heterocycles. The molecule has 0 spiro atoms. The molecule has 1 unspecified atom stereocenters. The number of aryl methyl sites for hydroxylation is 1. The fourth-order valence-corrected chi connectivity index (χ4v) is 4.03. The highest BCUT2D eigenvalue weighted by Gasteiger charge is 2.36. The summed E-state index contributed by atoms with van der Waals surface area (Å²) in [4.78, 5) is 13.5. The van der Waals surface area contributed by atoms with Crippen LogP contribution in [-0.4, -0.2) is 46.3 Å². The van der Waals surface area contributed by atoms with Crippen molar-refractivity contribution in [3.05, 3.63) is 48.0 Å². The van der Waals surface area contributed by atoms with Crippen molar-refractivity contribution >= 4 is 5.91 Å². The van der Waals surface area contributed by atoms with Gasteiger partial charge < -0.3 is 15.1 Å². The van der Waals surface area contributed by atoms with Crippen molar-refractivity contribution in [1.82, 2.24) is 4.90 Å². The molecule has 0 saturated heterocycles. The highest BCUT2D eigenvalue weighted by atomic mass is 16.3. The largest absolute Gasteiger partial charge is 0.389 e. The minimum Gasteiger partial charge on any atom is -0.389 e. The highest BCUT2D eigenvalue weighted by molar-refractivity contribution is 5.76. The number of unbranched alkanes of at least 4 members (excludes halogenated alkanes) is 1. The second-order valence-electron chi connectivity index (χ2n) is 8.95. The normalized spacial score (nSPS) is 24.8. The molecule has 3 atom stereocenters. The first-order valence-electron chi connectivity index (χ1n) is 10.6. The first-order chi connectivity index (χ1) is 13.2. The van der Waals surface area contributed by atoms with Gasteiger partial charge in [0.1, 0.15) is 0 Å². The summed E-state index contributed by atoms with van der Waals surface area (Å²) in [5.41, 5.74) is -0.409. The van der Waals surface area contributed by atoms with E-state index in [0.717, 1.165) is 38.5 Å². The van der Waals surface area contributed by atoms with Crippen LogP contribution in [0.2, 0.25) is 0 Å². The molecule has 2 rings (SSSR count). The maximum absolute atomic E-state index is 12.0. The molecule has 1 fully saturated rings. The van der Waals surface area contributed by atoms with Crippen molar-refractivity contribution in [2.75, 3.05) is 14.1 Å². The van der Waals surface area contributed by atoms with Gasteiger partial charge in [-0.1, -0.05) is 42.5 Å². The van der Waals surface area contributed by atoms with E-state index in [2.05, 4.69) is 30.3 Å². The van der Waals surface area contributed by atoms with Crippen molar-refractivity contribution < 1.29 is 15.0 Å². The maximum atomic E-state index is 12.0. The van der Waals surface area contributed by atoms with Crippen LogP contribution in [0.5, 0.6) is 0 Å². The van der Waals surface area contributed by atoms with Gasteiger partial charge in [-0.2, -0.15) is 0 Å². The van der Waals surface area contributed by atoms with E-state index in [1.54, 1.807) is 14.1 Å². The molecule has 1 aromatic rings. The molecule has 0 aromatic heterocycles. The minimum atomic E-state index is -0.920. The predicted octanol–water partition coefficient (Wildman–Crippen LogP) is 4.11. The second-order valence-corrected chi connectivity index (χ2v) is 8.95. The Balaban J connectivity index is 1.79. The van der Waals surface area contributed by atoms with Crippen LogP contribution in [0, 0.1) is 5.92 Å². The zero-order valence-electron chi connectivity index (χ0n) is 17.7. The smallest absolute Gasteiger partial charge is 0.224 e. The van der Waals surface area contributed by atoms with Gasteiger partial charge in [0, 0.05) is 14.1 Å². The summed E-state index contributed by atoms with van der Waals surface area (Å²) in [7, 11) is 3.45. The number of allylic oxidation sites excluding steroid dienone is 1. The Morgan fingerprint density at radius 2 is 2.00 bits per heavy atom. The number of carbonyl (C=O) groups is 1. The molecule has 4 heteroatoms. The number of aliphatic hydroxyl groups is 2. The number of nitrogens with zero attached hydrogens (tertiary/aromatic N) is 1. The van der Waals surface area contributed by atoms with Crippen LogP contribution >= 0.6 is 0 Å². The summed E-state index contributed by atoms with van der Waals surface area (Å²) in [6.07, 6.45) is 11.1. The second kappa shape index (κ2) is 10.2. The number of amides is 1. The zero-order valence-corrected chi connectivity index (χ0v) is 17.7. The third kappa shape index (κ3) is 7.76. The standard InChI is InChI=1S/C24H37NO3/c1-23(27,15-8-7-12-20-10-5-4-6-11-20)17-14-21-13-9-16-24(28,18-21)19-22(26)25(2)3/h4-6,10-11,14,17,21,27-28H,7-9,12-13,15-16,18-19H2,1-3H3/b17-14+/t21?,23-,24-/m1/s1. The number of rotatable bonds is 9. The molecule has 2 N–H and O–H groups in total. The monoisotopic (exact) mass is 387 g/mol. The quantitative estimate of drug-likeness (QED) is 0.495. The molecule has 0 bridgehead atoms. The van der Waals surface area contributed by atoms with Gasteiger partial charge in [-0.3, -0.25) is 4.79 Å². The summed E-state index contributed by atoms with van der Waals surface area (Å²) < 4.78 is 0. The van der Waals surface area contributed by atoms with Crippen molar-refractivity contribution in [3.8, 4) is 0 Å². The Labute approximate surface area is 170 Å². The number of carbonyl (C=O) groups excluding carboxylic acids is 1. The van der Waals surface area contributed by atoms with Crippen molar-refractivity contribution in [3.63, 3.8) is 0 Å². The van der Waals surface area contributed by atoms with E-state index in [1.165, 1.54) is 10.5 Å². The first-order valence-corrected chi connectivity index (χ1v) is 10.6. The SMILES string of the molecule is CN(C)C(=O)C[C@@]1(O)CCCC(/C=C/[C@](C)(O)CCCCc2ccccc2)C1. The first kappa shape index (κ1) is 22.6. The summed E-state index contributed by atoms with van der Waals surface area (Å²) in [5.74, 6) is 0.182. The molecule has 0 radical (unpaired) electrons. The average Bonchev–Trinajstić information content (AvgIpc) is 2.64. The predicted molar refractivity (Wildman–Crippen MR) is 114 cm³/mol. The zero-order chi connectivity index (χ0) is 20.6. The van der Waals surface area contributed by atoms with E-state index in [1.807, 2.05) is 19.1 Å². The van der Waals surface area contributed by atoms with Crippen LogP contribution in [0.3, 0.4) is 0 Å². The number of hydrogen-bond donors (Lipinski definition) is 2. The lowest BCUT2D eigenvalue weighted by atomic mass is 9.75. The highest BCUT2D eigenvalue weighted by Crippen LogP contribution is 2.36. The summed E-state index contributed by atoms with van der Waals surface area (Å²) in [6.45, 7) is 1.86. The fraction of sp³-hybridized carbons (Fsp3) is 0.625. The topological polar surface area (TPSA) is 60.8 Å². The van der Waals surface area contributed by atoms with E-state index in [9.17, 15) is 15.0 Å². The average molecular weight is 388 g/mol. The molecule has 0 aliphatic heterocycles. The van der Waals surface area contributed by atoms with Crippen molar-refractivity contribution in [2.45, 2.75) is 75.9 Å². The Morgan fingerprint density at radius 3 is 2.68 bits per heavy atom. The van der Waals surface area contributed by atoms with Gasteiger partial charge in [0.25, 0.3) is 0 Å². The maximum Gasteiger partial charge on any atom is 0.224 e. The third-order valence-electron chi connectivity index (χ3n) is 5.81. The molecule has 4 nitrogen and oxygen atoms in total. The molecular weight excluding hydrogens is 350 g/mol. The van der Waals surface area contributed by atoms with Gasteiger partial charge in [-0.25, -0.2) is 0 Å². The van der Waals surface area contributed by atoms with Crippen molar-refractivity contribution in [1.29, 1.82) is 0 Å². The van der Waals surface area contributed by atoms with Gasteiger partial charge in [0.2, 0.25) is 5.91 Å². The lowest BCUT2D eigenvalue weighted by Crippen LogP contribution is -2.40. The van der Waals surface area contributed by atoms with Crippen LogP contribution in [0.25, 0.3) is 0 Å². The Hall–Kier alpha value is -1.65. The summed E-state index contributed by atoms with van der Waals surface area (Å²) in [5, 5.41) is 21.5. The lowest BCUT2D eigenvalue weighted by molar-refractivity contribution is -0.135. The summed E-state index contributed by atoms with van der Waals surface area (Å²) in [6, 6.07) is 10.4. The molecule has 1 amide bonds. The Bertz CT molecular complexity index is 639. The fourth-order valence-electron chi connectivity index (χ4n) is 4.03. The van der Waals surface area contributed by atoms with E-state index in [-0.39, 0.29) is 18.2 Å². The Morgan fingerprint density at radius 1 is 1.29 bits per heavy atom. The van der Waals surface area contributed by atoms with Gasteiger partial charge in [0.05, 0.1) is 17.6 Å². The van der Waals surface area contributed by atoms with E-state index in [0.29, 0.717) is 12.8 Å². The third-order valence-corrected chi connectivity index (χ3v) is 5.81. The van der Waals surface area contributed by atoms with Gasteiger partial charge in [0.15, 0.2) is 0 Å². The molecule has 1 aliphatic carbocycles. The van der Waals surface area contributed by atoms with Gasteiger partial charge in [-0.15, -0.1) is 0 Å². The van der Waals surface area contributed by atoms with Crippen LogP contribution in [-0.2, 0) is 11.2 Å². The van der Waals surface area contributed by atoms with Gasteiger partial charge >= 0.3 is 0 Å². The van der Waals surface area contributed by atoms with E-state index in [4.69, 9.17) is 0 Å². The van der Waals surface area contributed by atoms with Crippen molar-refractivity contribution in [2.24, 2.45) is 5.92 Å². The van der Waals surface area contributed by atoms with E-state index >= 15 is 0 Å². The molecule has 1 aromatic carbocycles. The van der Waals surface area contributed by atoms with E-state index < -0.39 is 11.2 Å². The molecule has 28 heavy (non-hydrogen) atoms. The molecular formula is C24H37NO3. The van der Waals surface area contributed by atoms with Crippen LogP contribution in [0.4, 0.5) is 0 Å². The van der Waals surface area contributed by atoms with Crippen LogP contribution in [0.15, 0.2) is 42.5 Å². The van der Waals surface area contributed by atoms with Crippen LogP contribution < -0.4 is 0 Å². The van der Waals surface area contributed by atoms with Gasteiger partial charge in [-0.05, 0) is 69.8 Å². The lowest BCUT2D eigenvalue weighted by Gasteiger charge is -2.36. The Kier molecular flexibility index (Phi) is 8.26. The number of benzene rings is 1. The molecule has 1 aliphatic rings. The molecule has 156 valence electrons. The van der Waals surface area contributed by atoms with Crippen LogP contribution in [0.1, 0.15) is 63.9 Å². The number of hydrogen-bond acceptors (Lipinski definition) is 3.